The Bertz CT molecular complexity index is 1520. The molecule has 0 saturated heterocycles. The van der Waals surface area contributed by atoms with Crippen molar-refractivity contribution in [2.75, 3.05) is 26.3 Å². The number of hydrogen-bond acceptors (Lipinski definition) is 7. The van der Waals surface area contributed by atoms with Crippen molar-refractivity contribution in [2.24, 2.45) is 23.5 Å². The fraction of sp³-hybridized carbons (Fsp3) is 0.556. The molecule has 2 saturated carbocycles. The van der Waals surface area contributed by atoms with Crippen LogP contribution in [0, 0.1) is 29.4 Å². The van der Waals surface area contributed by atoms with E-state index < -0.39 is 0 Å². The summed E-state index contributed by atoms with van der Waals surface area (Å²) in [7, 11) is 3.39. The zero-order valence-corrected chi connectivity index (χ0v) is 29.1. The van der Waals surface area contributed by atoms with Crippen molar-refractivity contribution in [2.45, 2.75) is 83.1 Å². The number of halogens is 3. The first kappa shape index (κ1) is 36.2. The molecule has 2 fully saturated rings. The number of benzene rings is 2. The molecule has 2 aromatic carbocycles. The quantitative estimate of drug-likeness (QED) is 0.152. The molecule has 2 aromatic heterocycles. The first-order valence-corrected chi connectivity index (χ1v) is 17.4. The van der Waals surface area contributed by atoms with Crippen LogP contribution < -0.4 is 5.73 Å². The van der Waals surface area contributed by atoms with Gasteiger partial charge in [-0.2, -0.15) is 0 Å². The molecule has 2 heterocycles. The molecule has 7 nitrogen and oxygen atoms in total. The van der Waals surface area contributed by atoms with Gasteiger partial charge in [-0.15, -0.1) is 0 Å². The molecule has 46 heavy (non-hydrogen) atoms. The molecule has 4 aromatic rings. The zero-order chi connectivity index (χ0) is 33.1. The van der Waals surface area contributed by atoms with Gasteiger partial charge in [0, 0.05) is 51.7 Å². The largest absolute Gasteiger partial charge is 0.385 e. The molecule has 0 radical (unpaired) electrons. The van der Waals surface area contributed by atoms with Crippen LogP contribution in [0.3, 0.4) is 0 Å². The Hall–Kier alpha value is -2.66. The Kier molecular flexibility index (Phi) is 14.2. The second kappa shape index (κ2) is 18.0. The van der Waals surface area contributed by atoms with Crippen LogP contribution in [0.5, 0.6) is 0 Å². The summed E-state index contributed by atoms with van der Waals surface area (Å²) in [5.74, 6) is 2.24. The minimum atomic E-state index is -0.306. The number of alkyl halides is 1. The van der Waals surface area contributed by atoms with Crippen LogP contribution in [0.15, 0.2) is 49.1 Å². The summed E-state index contributed by atoms with van der Waals surface area (Å²) in [5, 5.41) is 0. The smallest absolute Gasteiger partial charge is 0.151 e. The third-order valence-electron chi connectivity index (χ3n) is 9.18. The van der Waals surface area contributed by atoms with Crippen LogP contribution in [0.25, 0.3) is 22.1 Å². The lowest BCUT2D eigenvalue weighted by molar-refractivity contribution is 0.171. The van der Waals surface area contributed by atoms with Crippen LogP contribution >= 0.6 is 15.9 Å². The van der Waals surface area contributed by atoms with Crippen molar-refractivity contribution < 1.29 is 18.3 Å². The highest BCUT2D eigenvalue weighted by atomic mass is 79.9. The van der Waals surface area contributed by atoms with E-state index in [1.807, 2.05) is 12.1 Å². The molecule has 6 atom stereocenters. The minimum Gasteiger partial charge on any atom is -0.385 e. The molecule has 6 rings (SSSR count). The molecule has 2 N–H and O–H groups in total. The molecule has 0 unspecified atom stereocenters. The van der Waals surface area contributed by atoms with Gasteiger partial charge in [0.15, 0.2) is 11.6 Å². The Morgan fingerprint density at radius 2 is 1.17 bits per heavy atom. The third-order valence-corrected chi connectivity index (χ3v) is 9.64. The topological polar surface area (TPSA) is 96.0 Å². The maximum Gasteiger partial charge on any atom is 0.151 e. The standard InChI is InChI=1S/C19H25FN2O.C15H18FN3.C2H5BrO/c1-13-10-14(4-3-9-23-2)12-15(11-13)16-5-6-17(20)19-18(16)21-7-8-22-19;1-9-6-10(8-11(17)7-9)12-2-3-13(16)15-14(12)18-4-5-19-15;1-4-2-3/h5-8,13-15H,3-4,9-12H2,1-2H3;2-5,9-11H,6-8,17H2,1H3;2H2,1H3/t13-,14+,15-;9-,10+,11-;/m01./s1. The molecule has 250 valence electrons. The Balaban J connectivity index is 0.000000190. The Labute approximate surface area is 280 Å². The van der Waals surface area contributed by atoms with Gasteiger partial charge in [0.1, 0.15) is 16.5 Å². The van der Waals surface area contributed by atoms with E-state index in [-0.39, 0.29) is 17.7 Å². The fourth-order valence-corrected chi connectivity index (χ4v) is 7.41. The van der Waals surface area contributed by atoms with Crippen molar-refractivity contribution in [1.29, 1.82) is 0 Å². The molecule has 0 amide bonds. The van der Waals surface area contributed by atoms with E-state index in [9.17, 15) is 8.78 Å². The lowest BCUT2D eigenvalue weighted by Crippen LogP contribution is -2.31. The van der Waals surface area contributed by atoms with E-state index in [0.29, 0.717) is 45.7 Å². The number of methoxy groups -OCH3 is 2. The highest BCUT2D eigenvalue weighted by molar-refractivity contribution is 9.09. The highest BCUT2D eigenvalue weighted by Gasteiger charge is 2.29. The Morgan fingerprint density at radius 1 is 0.696 bits per heavy atom. The fourth-order valence-electron chi connectivity index (χ4n) is 7.41. The second-order valence-corrected chi connectivity index (χ2v) is 13.4. The molecule has 0 aliphatic heterocycles. The van der Waals surface area contributed by atoms with Crippen LogP contribution in [-0.2, 0) is 9.47 Å². The van der Waals surface area contributed by atoms with Crippen molar-refractivity contribution in [1.82, 2.24) is 19.9 Å². The number of nitrogens with zero attached hydrogens (tertiary/aromatic N) is 4. The molecular weight excluding hydrogens is 652 g/mol. The van der Waals surface area contributed by atoms with Crippen molar-refractivity contribution in [3.63, 3.8) is 0 Å². The van der Waals surface area contributed by atoms with Gasteiger partial charge in [-0.1, -0.05) is 41.9 Å². The van der Waals surface area contributed by atoms with Crippen LogP contribution in [0.4, 0.5) is 8.78 Å². The van der Waals surface area contributed by atoms with Gasteiger partial charge < -0.3 is 15.2 Å². The first-order valence-electron chi connectivity index (χ1n) is 16.3. The summed E-state index contributed by atoms with van der Waals surface area (Å²) in [6.07, 6.45) is 15.4. The van der Waals surface area contributed by atoms with Crippen molar-refractivity contribution >= 4 is 38.0 Å². The molecule has 0 spiro atoms. The average molecular weight is 701 g/mol. The highest BCUT2D eigenvalue weighted by Crippen LogP contribution is 2.43. The van der Waals surface area contributed by atoms with E-state index >= 15 is 0 Å². The molecule has 10 heteroatoms. The van der Waals surface area contributed by atoms with Gasteiger partial charge in [0.05, 0.1) is 11.0 Å². The molecule has 0 bridgehead atoms. The van der Waals surface area contributed by atoms with Gasteiger partial charge in [0.2, 0.25) is 0 Å². The monoisotopic (exact) mass is 699 g/mol. The first-order chi connectivity index (χ1) is 22.2. The van der Waals surface area contributed by atoms with E-state index in [1.165, 1.54) is 25.1 Å². The lowest BCUT2D eigenvalue weighted by atomic mass is 9.72. The molecular formula is C36H48BrF2N5O2. The summed E-state index contributed by atoms with van der Waals surface area (Å²) >= 11 is 3.03. The number of nitrogens with two attached hydrogens (primary N) is 1. The third kappa shape index (κ3) is 9.69. The number of rotatable bonds is 7. The van der Waals surface area contributed by atoms with Gasteiger partial charge in [-0.05, 0) is 104 Å². The number of aromatic nitrogens is 4. The van der Waals surface area contributed by atoms with Gasteiger partial charge in [-0.3, -0.25) is 9.97 Å². The number of ether oxygens (including phenoxy) is 2. The average Bonchev–Trinajstić information content (AvgIpc) is 3.05. The van der Waals surface area contributed by atoms with E-state index in [2.05, 4.69) is 54.5 Å². The summed E-state index contributed by atoms with van der Waals surface area (Å²) in [6, 6.07) is 7.04. The van der Waals surface area contributed by atoms with Gasteiger partial charge in [-0.25, -0.2) is 18.7 Å². The maximum atomic E-state index is 14.0. The van der Waals surface area contributed by atoms with Crippen LogP contribution in [0.2, 0.25) is 0 Å². The van der Waals surface area contributed by atoms with E-state index in [1.54, 1.807) is 38.9 Å². The Morgan fingerprint density at radius 3 is 1.65 bits per heavy atom. The lowest BCUT2D eigenvalue weighted by Gasteiger charge is -2.34. The number of hydrogen-bond donors (Lipinski definition) is 1. The van der Waals surface area contributed by atoms with E-state index in [0.717, 1.165) is 67.7 Å². The predicted molar refractivity (Wildman–Crippen MR) is 184 cm³/mol. The van der Waals surface area contributed by atoms with Gasteiger partial charge in [0.25, 0.3) is 0 Å². The second-order valence-electron chi connectivity index (χ2n) is 13.0. The minimum absolute atomic E-state index is 0.227. The van der Waals surface area contributed by atoms with Gasteiger partial charge >= 0.3 is 0 Å². The summed E-state index contributed by atoms with van der Waals surface area (Å²) < 4.78 is 37.4. The van der Waals surface area contributed by atoms with Crippen LogP contribution in [-0.4, -0.2) is 52.3 Å². The predicted octanol–water partition coefficient (Wildman–Crippen LogP) is 8.70. The van der Waals surface area contributed by atoms with Crippen molar-refractivity contribution in [3.05, 3.63) is 71.8 Å². The summed E-state index contributed by atoms with van der Waals surface area (Å²) in [4.78, 5) is 17.0. The molecule has 2 aliphatic carbocycles. The van der Waals surface area contributed by atoms with Crippen LogP contribution in [0.1, 0.15) is 88.2 Å². The van der Waals surface area contributed by atoms with E-state index in [4.69, 9.17) is 10.5 Å². The van der Waals surface area contributed by atoms with Crippen molar-refractivity contribution in [3.8, 4) is 0 Å². The SMILES string of the molecule is COCBr.COCCC[C@@H]1C[C@H](C)C[C@H](c2ccc(F)c3nccnc23)C1.C[C@H]1C[C@@H](N)C[C@@H](c2ccc(F)c3nccnc23)C1. The number of fused-ring (bicyclic) bond motifs is 2. The summed E-state index contributed by atoms with van der Waals surface area (Å²) in [5.41, 5.74) is 11.2. The maximum absolute atomic E-state index is 14.0. The normalized spacial score (nSPS) is 24.5. The zero-order valence-electron chi connectivity index (χ0n) is 27.5. The summed E-state index contributed by atoms with van der Waals surface area (Å²) in [6.45, 7) is 5.39. The molecule has 2 aliphatic rings.